The van der Waals surface area contributed by atoms with E-state index < -0.39 is 0 Å². The van der Waals surface area contributed by atoms with E-state index in [1.165, 1.54) is 6.42 Å². The highest BCUT2D eigenvalue weighted by Gasteiger charge is 2.29. The normalized spacial score (nSPS) is 24.0. The van der Waals surface area contributed by atoms with E-state index in [4.69, 9.17) is 0 Å². The van der Waals surface area contributed by atoms with Crippen molar-refractivity contribution in [2.24, 2.45) is 0 Å². The number of benzene rings is 1. The number of carbonyl (C=O) groups is 2. The number of anilines is 2. The zero-order chi connectivity index (χ0) is 18.8. The summed E-state index contributed by atoms with van der Waals surface area (Å²) in [4.78, 5) is 32.6. The highest BCUT2D eigenvalue weighted by Crippen LogP contribution is 2.23. The Bertz CT molecular complexity index is 697. The Morgan fingerprint density at radius 1 is 1.15 bits per heavy atom. The Kier molecular flexibility index (Phi) is 5.18. The van der Waals surface area contributed by atoms with Gasteiger partial charge in [0.25, 0.3) is 0 Å². The van der Waals surface area contributed by atoms with Gasteiger partial charge >= 0.3 is 12.1 Å². The summed E-state index contributed by atoms with van der Waals surface area (Å²) in [6.07, 6.45) is 1.20. The molecule has 3 heterocycles. The number of hydrogen-bond acceptors (Lipinski definition) is 4. The fraction of sp³-hybridized carbons (Fsp3) is 0.579. The number of nitrogens with zero attached hydrogens (tertiary/aromatic N) is 4. The van der Waals surface area contributed by atoms with Gasteiger partial charge in [0.2, 0.25) is 0 Å². The molecule has 0 spiro atoms. The van der Waals surface area contributed by atoms with E-state index in [9.17, 15) is 9.59 Å². The predicted molar refractivity (Wildman–Crippen MR) is 105 cm³/mol. The fourth-order valence-electron chi connectivity index (χ4n) is 4.08. The zero-order valence-electron chi connectivity index (χ0n) is 15.9. The summed E-state index contributed by atoms with van der Waals surface area (Å²) in [5.74, 6) is 0. The molecule has 3 aliphatic heterocycles. The van der Waals surface area contributed by atoms with Crippen LogP contribution in [0.5, 0.6) is 0 Å². The van der Waals surface area contributed by atoms with E-state index in [1.807, 2.05) is 29.2 Å². The quantitative estimate of drug-likeness (QED) is 0.833. The third-order valence-electron chi connectivity index (χ3n) is 5.78. The van der Waals surface area contributed by atoms with Gasteiger partial charge in [-0.05, 0) is 31.2 Å². The Morgan fingerprint density at radius 2 is 1.96 bits per heavy atom. The summed E-state index contributed by atoms with van der Waals surface area (Å²) in [5, 5.41) is 6.40. The van der Waals surface area contributed by atoms with Gasteiger partial charge in [0.1, 0.15) is 0 Å². The number of piperazine rings is 1. The lowest BCUT2D eigenvalue weighted by Crippen LogP contribution is -2.53. The molecular weight excluding hydrogens is 344 g/mol. The van der Waals surface area contributed by atoms with Crippen molar-refractivity contribution in [1.29, 1.82) is 0 Å². The van der Waals surface area contributed by atoms with Crippen LogP contribution in [-0.4, -0.2) is 92.2 Å². The average molecular weight is 372 g/mol. The second-order valence-electron chi connectivity index (χ2n) is 7.51. The minimum absolute atomic E-state index is 0.00370. The third kappa shape index (κ3) is 3.86. The molecule has 0 unspecified atom stereocenters. The number of carbonyl (C=O) groups excluding carboxylic acids is 2. The molecule has 146 valence electrons. The number of amides is 4. The molecule has 3 aliphatic rings. The van der Waals surface area contributed by atoms with Crippen LogP contribution < -0.4 is 15.5 Å². The second-order valence-corrected chi connectivity index (χ2v) is 7.51. The topological polar surface area (TPSA) is 71.2 Å². The van der Waals surface area contributed by atoms with Gasteiger partial charge in [0.15, 0.2) is 0 Å². The summed E-state index contributed by atoms with van der Waals surface area (Å²) in [6, 6.07) is 8.06. The monoisotopic (exact) mass is 372 g/mol. The van der Waals surface area contributed by atoms with Crippen LogP contribution in [0.2, 0.25) is 0 Å². The van der Waals surface area contributed by atoms with E-state index in [1.54, 1.807) is 16.8 Å². The molecular formula is C19H28N6O2. The number of urea groups is 2. The Hall–Kier alpha value is -2.32. The van der Waals surface area contributed by atoms with Crippen LogP contribution in [-0.2, 0) is 0 Å². The lowest BCUT2D eigenvalue weighted by molar-refractivity contribution is 0.119. The van der Waals surface area contributed by atoms with Crippen molar-refractivity contribution in [3.8, 4) is 0 Å². The minimum atomic E-state index is -0.0683. The van der Waals surface area contributed by atoms with E-state index in [2.05, 4.69) is 15.5 Å². The molecule has 27 heavy (non-hydrogen) atoms. The lowest BCUT2D eigenvalue weighted by atomic mass is 10.2. The molecule has 4 rings (SSSR count). The molecule has 3 saturated heterocycles. The van der Waals surface area contributed by atoms with Crippen LogP contribution >= 0.6 is 0 Å². The van der Waals surface area contributed by atoms with E-state index in [-0.39, 0.29) is 12.1 Å². The molecule has 2 N–H and O–H groups in total. The van der Waals surface area contributed by atoms with Gasteiger partial charge in [-0.25, -0.2) is 9.59 Å². The maximum Gasteiger partial charge on any atom is 0.324 e. The summed E-state index contributed by atoms with van der Waals surface area (Å²) in [6.45, 7) is 6.89. The first kappa shape index (κ1) is 18.1. The van der Waals surface area contributed by atoms with Crippen LogP contribution in [0.15, 0.2) is 24.3 Å². The zero-order valence-corrected chi connectivity index (χ0v) is 15.9. The van der Waals surface area contributed by atoms with Crippen LogP contribution in [0.25, 0.3) is 0 Å². The first-order valence-electron chi connectivity index (χ1n) is 9.75. The molecule has 3 fully saturated rings. The van der Waals surface area contributed by atoms with Crippen molar-refractivity contribution in [3.05, 3.63) is 24.3 Å². The number of nitrogens with one attached hydrogen (secondary N) is 2. The van der Waals surface area contributed by atoms with Gasteiger partial charge in [-0.1, -0.05) is 6.07 Å². The van der Waals surface area contributed by atoms with Crippen LogP contribution in [0.1, 0.15) is 6.42 Å². The summed E-state index contributed by atoms with van der Waals surface area (Å²) >= 11 is 0. The van der Waals surface area contributed by atoms with Crippen molar-refractivity contribution in [2.45, 2.75) is 12.5 Å². The SMILES string of the molecule is CN1CCN(c2cccc(NC(=O)N3CCN([C@@H]4CCNC4)CC3)c2)C1=O. The van der Waals surface area contributed by atoms with Crippen molar-refractivity contribution >= 4 is 23.4 Å². The highest BCUT2D eigenvalue weighted by atomic mass is 16.2. The van der Waals surface area contributed by atoms with Crippen LogP contribution in [0, 0.1) is 0 Å². The Morgan fingerprint density at radius 3 is 2.63 bits per heavy atom. The first-order chi connectivity index (χ1) is 13.1. The molecule has 8 heteroatoms. The predicted octanol–water partition coefficient (Wildman–Crippen LogP) is 1.07. The molecule has 0 bridgehead atoms. The molecule has 4 amide bonds. The molecule has 1 aromatic carbocycles. The molecule has 8 nitrogen and oxygen atoms in total. The van der Waals surface area contributed by atoms with Gasteiger partial charge in [-0.15, -0.1) is 0 Å². The maximum absolute atomic E-state index is 12.6. The standard InChI is InChI=1S/C19H28N6O2/c1-22-7-12-25(19(22)27)16-4-2-3-15(13-16)21-18(26)24-10-8-23(9-11-24)17-5-6-20-14-17/h2-4,13,17,20H,5-12,14H2,1H3,(H,21,26)/t17-/m1/s1. The summed E-state index contributed by atoms with van der Waals surface area (Å²) < 4.78 is 0. The van der Waals surface area contributed by atoms with Gasteiger partial charge in [0, 0.05) is 70.3 Å². The summed E-state index contributed by atoms with van der Waals surface area (Å²) in [5.41, 5.74) is 1.54. The number of likely N-dealkylation sites (N-methyl/N-ethyl adjacent to an activating group) is 1. The van der Waals surface area contributed by atoms with Crippen molar-refractivity contribution in [3.63, 3.8) is 0 Å². The molecule has 0 saturated carbocycles. The smallest absolute Gasteiger partial charge is 0.324 e. The Balaban J connectivity index is 1.33. The van der Waals surface area contributed by atoms with Crippen LogP contribution in [0.3, 0.4) is 0 Å². The van der Waals surface area contributed by atoms with Crippen molar-refractivity contribution in [1.82, 2.24) is 20.0 Å². The third-order valence-corrected chi connectivity index (χ3v) is 5.78. The van der Waals surface area contributed by atoms with Crippen molar-refractivity contribution in [2.75, 3.05) is 69.6 Å². The highest BCUT2D eigenvalue weighted by molar-refractivity contribution is 5.95. The number of hydrogen-bond donors (Lipinski definition) is 2. The fourth-order valence-corrected chi connectivity index (χ4v) is 4.08. The lowest BCUT2D eigenvalue weighted by Gasteiger charge is -2.37. The van der Waals surface area contributed by atoms with Gasteiger partial charge in [-0.2, -0.15) is 0 Å². The first-order valence-corrected chi connectivity index (χ1v) is 9.75. The van der Waals surface area contributed by atoms with Gasteiger partial charge < -0.3 is 20.4 Å². The van der Waals surface area contributed by atoms with Crippen LogP contribution in [0.4, 0.5) is 21.0 Å². The molecule has 1 aromatic rings. The minimum Gasteiger partial charge on any atom is -0.326 e. The number of rotatable bonds is 3. The molecule has 0 aliphatic carbocycles. The largest absolute Gasteiger partial charge is 0.326 e. The van der Waals surface area contributed by atoms with Gasteiger partial charge in [-0.3, -0.25) is 9.80 Å². The molecule has 0 radical (unpaired) electrons. The van der Waals surface area contributed by atoms with Crippen molar-refractivity contribution < 1.29 is 9.59 Å². The molecule has 0 aromatic heterocycles. The average Bonchev–Trinajstić information content (AvgIpc) is 3.33. The summed E-state index contributed by atoms with van der Waals surface area (Å²) in [7, 11) is 1.80. The van der Waals surface area contributed by atoms with Gasteiger partial charge in [0.05, 0.1) is 0 Å². The van der Waals surface area contributed by atoms with E-state index >= 15 is 0 Å². The van der Waals surface area contributed by atoms with E-state index in [0.717, 1.165) is 57.2 Å². The molecule has 1 atom stereocenters. The Labute approximate surface area is 160 Å². The maximum atomic E-state index is 12.6. The van der Waals surface area contributed by atoms with E-state index in [0.29, 0.717) is 12.6 Å². The second kappa shape index (κ2) is 7.74.